The molecule has 1 unspecified atom stereocenters. The van der Waals surface area contributed by atoms with Crippen molar-refractivity contribution in [3.05, 3.63) is 35.6 Å². The van der Waals surface area contributed by atoms with Gasteiger partial charge in [-0.25, -0.2) is 13.9 Å². The van der Waals surface area contributed by atoms with Crippen LogP contribution in [0.2, 0.25) is 0 Å². The first kappa shape index (κ1) is 15.5. The number of rotatable bonds is 4. The molecule has 7 heteroatoms. The second-order valence-corrected chi connectivity index (χ2v) is 5.16. The molecule has 0 radical (unpaired) electrons. The molecule has 0 aliphatic carbocycles. The van der Waals surface area contributed by atoms with E-state index in [2.05, 4.69) is 5.10 Å². The van der Waals surface area contributed by atoms with E-state index < -0.39 is 17.9 Å². The zero-order chi connectivity index (χ0) is 16.4. The Labute approximate surface area is 132 Å². The van der Waals surface area contributed by atoms with E-state index in [1.807, 2.05) is 0 Å². The minimum absolute atomic E-state index is 0.0927. The Balaban J connectivity index is 2.15. The summed E-state index contributed by atoms with van der Waals surface area (Å²) in [7, 11) is 0. The Morgan fingerprint density at radius 2 is 2.30 bits per heavy atom. The van der Waals surface area contributed by atoms with Crippen LogP contribution in [0.3, 0.4) is 0 Å². The van der Waals surface area contributed by atoms with Gasteiger partial charge in [0.2, 0.25) is 5.88 Å². The molecular formula is C16H17FN2O4. The van der Waals surface area contributed by atoms with Gasteiger partial charge in [0, 0.05) is 18.5 Å². The molecule has 0 fully saturated rings. The lowest BCUT2D eigenvalue weighted by molar-refractivity contribution is 0.0488. The first-order valence-corrected chi connectivity index (χ1v) is 7.46. The summed E-state index contributed by atoms with van der Waals surface area (Å²) >= 11 is 0. The number of ether oxygens (including phenoxy) is 2. The molecule has 1 aromatic heterocycles. The van der Waals surface area contributed by atoms with Gasteiger partial charge in [-0.3, -0.25) is 0 Å². The Kier molecular flexibility index (Phi) is 4.29. The normalized spacial score (nSPS) is 16.6. The molecule has 0 saturated heterocycles. The second kappa shape index (κ2) is 6.37. The van der Waals surface area contributed by atoms with Crippen LogP contribution in [-0.4, -0.2) is 40.2 Å². The van der Waals surface area contributed by atoms with Gasteiger partial charge in [-0.15, -0.1) is 0 Å². The van der Waals surface area contributed by atoms with Gasteiger partial charge in [0.25, 0.3) is 0 Å². The summed E-state index contributed by atoms with van der Waals surface area (Å²) < 4.78 is 26.4. The Morgan fingerprint density at radius 1 is 1.52 bits per heavy atom. The summed E-state index contributed by atoms with van der Waals surface area (Å²) in [5.41, 5.74) is 0.492. The molecule has 1 N–H and O–H groups in total. The summed E-state index contributed by atoms with van der Waals surface area (Å²) in [5, 5.41) is 13.6. The van der Waals surface area contributed by atoms with Crippen molar-refractivity contribution in [3.63, 3.8) is 0 Å². The summed E-state index contributed by atoms with van der Waals surface area (Å²) in [6.45, 7) is 2.18. The molecule has 0 amide bonds. The number of carbonyl (C=O) groups is 1. The lowest BCUT2D eigenvalue weighted by Gasteiger charge is -2.23. The van der Waals surface area contributed by atoms with E-state index in [1.165, 1.54) is 10.7 Å². The van der Waals surface area contributed by atoms with Crippen molar-refractivity contribution >= 4 is 5.97 Å². The molecule has 1 aliphatic heterocycles. The van der Waals surface area contributed by atoms with Crippen molar-refractivity contribution in [2.75, 3.05) is 13.2 Å². The highest BCUT2D eigenvalue weighted by molar-refractivity contribution is 5.99. The minimum Gasteiger partial charge on any atom is -0.471 e. The monoisotopic (exact) mass is 320 g/mol. The van der Waals surface area contributed by atoms with E-state index >= 15 is 0 Å². The molecule has 2 heterocycles. The van der Waals surface area contributed by atoms with Crippen molar-refractivity contribution in [2.45, 2.75) is 26.0 Å². The van der Waals surface area contributed by atoms with Gasteiger partial charge in [-0.1, -0.05) is 12.1 Å². The SMILES string of the molecule is CCOC(=O)c1c(-c2ccccc2F)nn2c1OC(CO)CC2. The number of halogens is 1. The quantitative estimate of drug-likeness (QED) is 0.872. The number of nitrogens with zero attached hydrogens (tertiary/aromatic N) is 2. The van der Waals surface area contributed by atoms with Gasteiger partial charge in [0.15, 0.2) is 0 Å². The van der Waals surface area contributed by atoms with Crippen LogP contribution in [0.1, 0.15) is 23.7 Å². The van der Waals surface area contributed by atoms with Gasteiger partial charge >= 0.3 is 5.97 Å². The number of carbonyl (C=O) groups excluding carboxylic acids is 1. The van der Waals surface area contributed by atoms with Crippen molar-refractivity contribution in [1.82, 2.24) is 9.78 Å². The van der Waals surface area contributed by atoms with E-state index in [0.717, 1.165) is 0 Å². The van der Waals surface area contributed by atoms with Gasteiger partial charge in [0.1, 0.15) is 23.2 Å². The van der Waals surface area contributed by atoms with Crippen molar-refractivity contribution in [3.8, 4) is 17.1 Å². The molecule has 1 aliphatic rings. The Bertz CT molecular complexity index is 729. The fraction of sp³-hybridized carbons (Fsp3) is 0.375. The Hall–Kier alpha value is -2.41. The van der Waals surface area contributed by atoms with Crippen LogP contribution in [0.15, 0.2) is 24.3 Å². The van der Waals surface area contributed by atoms with E-state index in [0.29, 0.717) is 13.0 Å². The fourth-order valence-corrected chi connectivity index (χ4v) is 2.56. The maximum absolute atomic E-state index is 14.1. The third-order valence-electron chi connectivity index (χ3n) is 3.66. The molecule has 1 aromatic carbocycles. The maximum Gasteiger partial charge on any atom is 0.345 e. The van der Waals surface area contributed by atoms with E-state index in [9.17, 15) is 14.3 Å². The third kappa shape index (κ3) is 2.79. The number of aliphatic hydroxyl groups is 1. The lowest BCUT2D eigenvalue weighted by atomic mass is 10.1. The summed E-state index contributed by atoms with van der Waals surface area (Å²) in [6, 6.07) is 6.09. The van der Waals surface area contributed by atoms with E-state index in [-0.39, 0.29) is 35.9 Å². The van der Waals surface area contributed by atoms with Crippen molar-refractivity contribution < 1.29 is 23.8 Å². The van der Waals surface area contributed by atoms with Crippen molar-refractivity contribution in [1.29, 1.82) is 0 Å². The largest absolute Gasteiger partial charge is 0.471 e. The van der Waals surface area contributed by atoms with Crippen LogP contribution in [-0.2, 0) is 11.3 Å². The first-order chi connectivity index (χ1) is 11.2. The molecule has 6 nitrogen and oxygen atoms in total. The third-order valence-corrected chi connectivity index (χ3v) is 3.66. The van der Waals surface area contributed by atoms with Crippen LogP contribution < -0.4 is 4.74 Å². The highest BCUT2D eigenvalue weighted by Gasteiger charge is 2.32. The average Bonchev–Trinajstić information content (AvgIpc) is 2.93. The van der Waals surface area contributed by atoms with Crippen LogP contribution in [0, 0.1) is 5.82 Å². The first-order valence-electron chi connectivity index (χ1n) is 7.46. The van der Waals surface area contributed by atoms with Gasteiger partial charge < -0.3 is 14.6 Å². The molecule has 3 rings (SSSR count). The predicted molar refractivity (Wildman–Crippen MR) is 79.7 cm³/mol. The van der Waals surface area contributed by atoms with E-state index in [4.69, 9.17) is 9.47 Å². The number of aromatic nitrogens is 2. The molecule has 23 heavy (non-hydrogen) atoms. The lowest BCUT2D eigenvalue weighted by Crippen LogP contribution is -2.30. The number of hydrogen-bond acceptors (Lipinski definition) is 5. The number of aryl methyl sites for hydroxylation is 1. The molecular weight excluding hydrogens is 303 g/mol. The summed E-state index contributed by atoms with van der Waals surface area (Å²) in [5.74, 6) is -0.884. The predicted octanol–water partition coefficient (Wildman–Crippen LogP) is 2.01. The topological polar surface area (TPSA) is 73.6 Å². The maximum atomic E-state index is 14.1. The zero-order valence-electron chi connectivity index (χ0n) is 12.7. The van der Waals surface area contributed by atoms with E-state index in [1.54, 1.807) is 25.1 Å². The Morgan fingerprint density at radius 3 is 3.00 bits per heavy atom. The summed E-state index contributed by atoms with van der Waals surface area (Å²) in [6.07, 6.45) is 0.144. The van der Waals surface area contributed by atoms with Gasteiger partial charge in [-0.05, 0) is 19.1 Å². The van der Waals surface area contributed by atoms with Crippen LogP contribution in [0.4, 0.5) is 4.39 Å². The second-order valence-electron chi connectivity index (χ2n) is 5.16. The smallest absolute Gasteiger partial charge is 0.345 e. The van der Waals surface area contributed by atoms with Gasteiger partial charge in [0.05, 0.1) is 13.2 Å². The van der Waals surface area contributed by atoms with Crippen LogP contribution in [0.25, 0.3) is 11.3 Å². The molecule has 0 saturated carbocycles. The minimum atomic E-state index is -0.620. The fourth-order valence-electron chi connectivity index (χ4n) is 2.56. The molecule has 1 atom stereocenters. The zero-order valence-corrected chi connectivity index (χ0v) is 12.7. The number of esters is 1. The number of fused-ring (bicyclic) bond motifs is 1. The molecule has 0 bridgehead atoms. The highest BCUT2D eigenvalue weighted by Crippen LogP contribution is 2.35. The highest BCUT2D eigenvalue weighted by atomic mass is 19.1. The van der Waals surface area contributed by atoms with Gasteiger partial charge in [-0.2, -0.15) is 5.10 Å². The van der Waals surface area contributed by atoms with Crippen LogP contribution >= 0.6 is 0 Å². The number of benzene rings is 1. The van der Waals surface area contributed by atoms with Crippen molar-refractivity contribution in [2.24, 2.45) is 0 Å². The standard InChI is InChI=1S/C16H17FN2O4/c1-2-22-16(21)13-14(11-5-3-4-6-12(11)17)18-19-8-7-10(9-20)23-15(13)19/h3-6,10,20H,2,7-9H2,1H3. The number of aliphatic hydroxyl groups excluding tert-OH is 1. The molecule has 122 valence electrons. The number of hydrogen-bond donors (Lipinski definition) is 1. The molecule has 2 aromatic rings. The van der Waals surface area contributed by atoms with Crippen LogP contribution in [0.5, 0.6) is 5.88 Å². The molecule has 0 spiro atoms. The summed E-state index contributed by atoms with van der Waals surface area (Å²) in [4.78, 5) is 12.3. The average molecular weight is 320 g/mol.